The number of hydrogen-bond acceptors (Lipinski definition) is 3. The molecular formula is C6H12FNO2. The van der Waals surface area contributed by atoms with Crippen molar-refractivity contribution in [3.8, 4) is 0 Å². The Bertz CT molecular complexity index is 112. The summed E-state index contributed by atoms with van der Waals surface area (Å²) in [5.74, 6) is 0. The Morgan fingerprint density at radius 1 is 1.60 bits per heavy atom. The molecule has 3 nitrogen and oxygen atoms in total. The molecule has 3 N–H and O–H groups in total. The zero-order valence-corrected chi connectivity index (χ0v) is 5.63. The van der Waals surface area contributed by atoms with Crippen LogP contribution in [0.1, 0.15) is 6.42 Å². The zero-order chi connectivity index (χ0) is 7.56. The zero-order valence-electron chi connectivity index (χ0n) is 5.63. The number of aliphatic hydroxyl groups is 2. The fourth-order valence-corrected chi connectivity index (χ4v) is 1.07. The molecule has 0 bridgehead atoms. The number of hydrogen-bond donors (Lipinski definition) is 3. The minimum Gasteiger partial charge on any atom is -0.395 e. The van der Waals surface area contributed by atoms with Crippen LogP contribution in [0.4, 0.5) is 4.39 Å². The first-order valence-electron chi connectivity index (χ1n) is 3.40. The minimum atomic E-state index is -1.18. The maximum atomic E-state index is 12.6. The summed E-state index contributed by atoms with van der Waals surface area (Å²) >= 11 is 0. The molecule has 0 saturated carbocycles. The van der Waals surface area contributed by atoms with Crippen molar-refractivity contribution in [3.63, 3.8) is 0 Å². The molecular weight excluding hydrogens is 137 g/mol. The van der Waals surface area contributed by atoms with Gasteiger partial charge in [-0.15, -0.1) is 0 Å². The summed E-state index contributed by atoms with van der Waals surface area (Å²) in [4.78, 5) is 0. The summed E-state index contributed by atoms with van der Waals surface area (Å²) in [7, 11) is 0. The fraction of sp³-hybridized carbons (Fsp3) is 1.00. The van der Waals surface area contributed by atoms with Gasteiger partial charge in [0.25, 0.3) is 0 Å². The highest BCUT2D eigenvalue weighted by Crippen LogP contribution is 2.11. The van der Waals surface area contributed by atoms with Gasteiger partial charge >= 0.3 is 0 Å². The number of halogens is 1. The van der Waals surface area contributed by atoms with Crippen molar-refractivity contribution in [2.45, 2.75) is 24.7 Å². The lowest BCUT2D eigenvalue weighted by atomic mass is 10.0. The molecule has 3 atom stereocenters. The average molecular weight is 149 g/mol. The molecule has 4 heteroatoms. The Hall–Kier alpha value is -0.190. The smallest absolute Gasteiger partial charge is 0.129 e. The predicted molar refractivity (Wildman–Crippen MR) is 34.4 cm³/mol. The summed E-state index contributed by atoms with van der Waals surface area (Å²) in [6, 6.07) is -0.182. The van der Waals surface area contributed by atoms with Crippen molar-refractivity contribution in [2.24, 2.45) is 0 Å². The van der Waals surface area contributed by atoms with Gasteiger partial charge in [-0.25, -0.2) is 4.39 Å². The monoisotopic (exact) mass is 149 g/mol. The molecule has 0 aliphatic carbocycles. The lowest BCUT2D eigenvalue weighted by Crippen LogP contribution is -2.49. The van der Waals surface area contributed by atoms with Crippen LogP contribution in [0, 0.1) is 0 Å². The van der Waals surface area contributed by atoms with Gasteiger partial charge < -0.3 is 15.5 Å². The topological polar surface area (TPSA) is 52.5 Å². The van der Waals surface area contributed by atoms with Crippen molar-refractivity contribution in [1.29, 1.82) is 0 Å². The van der Waals surface area contributed by atoms with Gasteiger partial charge in [-0.1, -0.05) is 0 Å². The Labute approximate surface area is 58.9 Å². The van der Waals surface area contributed by atoms with E-state index >= 15 is 0 Å². The molecule has 1 rings (SSSR count). The van der Waals surface area contributed by atoms with E-state index < -0.39 is 12.3 Å². The van der Waals surface area contributed by atoms with E-state index in [1.807, 2.05) is 0 Å². The highest BCUT2D eigenvalue weighted by molar-refractivity contribution is 4.83. The van der Waals surface area contributed by atoms with E-state index in [0.717, 1.165) is 0 Å². The maximum absolute atomic E-state index is 12.6. The highest BCUT2D eigenvalue weighted by atomic mass is 19.1. The normalized spacial score (nSPS) is 41.7. The number of nitrogens with one attached hydrogen (secondary N) is 1. The van der Waals surface area contributed by atoms with E-state index in [1.54, 1.807) is 0 Å². The van der Waals surface area contributed by atoms with Gasteiger partial charge in [-0.05, 0) is 6.42 Å². The van der Waals surface area contributed by atoms with E-state index in [0.29, 0.717) is 0 Å². The molecule has 0 aromatic carbocycles. The van der Waals surface area contributed by atoms with E-state index in [1.165, 1.54) is 0 Å². The molecule has 1 fully saturated rings. The Morgan fingerprint density at radius 3 is 2.80 bits per heavy atom. The molecule has 1 aliphatic rings. The molecule has 0 amide bonds. The molecule has 60 valence electrons. The molecule has 0 unspecified atom stereocenters. The second kappa shape index (κ2) is 3.27. The summed E-state index contributed by atoms with van der Waals surface area (Å²) < 4.78 is 12.6. The molecule has 0 spiro atoms. The molecule has 0 aromatic heterocycles. The highest BCUT2D eigenvalue weighted by Gasteiger charge is 2.27. The average Bonchev–Trinajstić information content (AvgIpc) is 1.95. The van der Waals surface area contributed by atoms with Gasteiger partial charge in [0.05, 0.1) is 12.7 Å². The second-order valence-electron chi connectivity index (χ2n) is 2.61. The van der Waals surface area contributed by atoms with E-state index in [9.17, 15) is 4.39 Å². The molecule has 0 aromatic rings. The first-order chi connectivity index (χ1) is 4.74. The van der Waals surface area contributed by atoms with Gasteiger partial charge in [0.15, 0.2) is 0 Å². The number of piperidine rings is 1. The Morgan fingerprint density at radius 2 is 2.30 bits per heavy atom. The van der Waals surface area contributed by atoms with Gasteiger partial charge in [-0.3, -0.25) is 0 Å². The first kappa shape index (κ1) is 7.91. The number of alkyl halides is 1. The third-order valence-electron chi connectivity index (χ3n) is 1.76. The molecule has 0 radical (unpaired) electrons. The van der Waals surface area contributed by atoms with Gasteiger partial charge in [0.2, 0.25) is 0 Å². The minimum absolute atomic E-state index is 0.0624. The van der Waals surface area contributed by atoms with Gasteiger partial charge in [0.1, 0.15) is 6.17 Å². The van der Waals surface area contributed by atoms with Crippen LogP contribution in [0.15, 0.2) is 0 Å². The van der Waals surface area contributed by atoms with E-state index in [-0.39, 0.29) is 25.6 Å². The third-order valence-corrected chi connectivity index (χ3v) is 1.76. The van der Waals surface area contributed by atoms with Crippen LogP contribution < -0.4 is 5.32 Å². The van der Waals surface area contributed by atoms with Crippen LogP contribution in [0.2, 0.25) is 0 Å². The summed E-state index contributed by atoms with van der Waals surface area (Å²) in [6.07, 6.45) is -1.88. The molecule has 1 heterocycles. The van der Waals surface area contributed by atoms with Crippen LogP contribution in [0.3, 0.4) is 0 Å². The second-order valence-corrected chi connectivity index (χ2v) is 2.61. The lowest BCUT2D eigenvalue weighted by molar-refractivity contribution is 0.0303. The maximum Gasteiger partial charge on any atom is 0.129 e. The predicted octanol–water partition coefficient (Wildman–Crippen LogP) is -0.960. The quantitative estimate of drug-likeness (QED) is 0.450. The van der Waals surface area contributed by atoms with Crippen LogP contribution in [-0.4, -0.2) is 41.7 Å². The van der Waals surface area contributed by atoms with E-state index in [2.05, 4.69) is 5.32 Å². The SMILES string of the molecule is OC[C@H]1C[C@H](F)[C@H](O)CN1. The first-order valence-corrected chi connectivity index (χ1v) is 3.40. The summed E-state index contributed by atoms with van der Waals surface area (Å²) in [5, 5.41) is 20.3. The van der Waals surface area contributed by atoms with Gasteiger partial charge in [-0.2, -0.15) is 0 Å². The van der Waals surface area contributed by atoms with Gasteiger partial charge in [0, 0.05) is 12.6 Å². The third kappa shape index (κ3) is 1.65. The number of aliphatic hydroxyl groups excluding tert-OH is 2. The van der Waals surface area contributed by atoms with Crippen molar-refractivity contribution in [2.75, 3.05) is 13.2 Å². The van der Waals surface area contributed by atoms with Crippen LogP contribution in [0.5, 0.6) is 0 Å². The molecule has 1 saturated heterocycles. The lowest BCUT2D eigenvalue weighted by Gasteiger charge is -2.28. The van der Waals surface area contributed by atoms with Crippen molar-refractivity contribution < 1.29 is 14.6 Å². The Kier molecular flexibility index (Phi) is 2.59. The molecule has 1 aliphatic heterocycles. The fourth-order valence-electron chi connectivity index (χ4n) is 1.07. The van der Waals surface area contributed by atoms with Crippen LogP contribution >= 0.6 is 0 Å². The summed E-state index contributed by atoms with van der Waals surface area (Å²) in [6.45, 7) is 0.180. The largest absolute Gasteiger partial charge is 0.395 e. The van der Waals surface area contributed by atoms with E-state index in [4.69, 9.17) is 10.2 Å². The number of rotatable bonds is 1. The van der Waals surface area contributed by atoms with Crippen molar-refractivity contribution in [3.05, 3.63) is 0 Å². The van der Waals surface area contributed by atoms with Crippen molar-refractivity contribution in [1.82, 2.24) is 5.32 Å². The van der Waals surface area contributed by atoms with Crippen LogP contribution in [0.25, 0.3) is 0 Å². The molecule has 10 heavy (non-hydrogen) atoms. The standard InChI is InChI=1S/C6H12FNO2/c7-5-1-4(3-9)8-2-6(5)10/h4-6,8-10H,1-3H2/t4-,5+,6-/m1/s1. The van der Waals surface area contributed by atoms with Crippen LogP contribution in [-0.2, 0) is 0 Å². The summed E-state index contributed by atoms with van der Waals surface area (Å²) in [5.41, 5.74) is 0. The Balaban J connectivity index is 2.33. The van der Waals surface area contributed by atoms with Crippen molar-refractivity contribution >= 4 is 0 Å². The number of β-amino-alcohol motifs (C(OH)–C–C–N with tert-alkyl or cyclic N) is 1.